The SMILES string of the molecule is CCOc1cc(-c2cc(NCCn3c(C)c(OC)c4cccc(F)c43)ncn2)sc1C(C)=O. The number of ether oxygens (including phenoxy) is 2. The maximum Gasteiger partial charge on any atom is 0.173 e. The first-order valence-electron chi connectivity index (χ1n) is 10.6. The molecule has 172 valence electrons. The number of nitrogens with one attached hydrogen (secondary N) is 1. The molecule has 0 radical (unpaired) electrons. The summed E-state index contributed by atoms with van der Waals surface area (Å²) in [5, 5.41) is 4.04. The van der Waals surface area contributed by atoms with Crippen LogP contribution in [0, 0.1) is 12.7 Å². The highest BCUT2D eigenvalue weighted by molar-refractivity contribution is 7.17. The first-order valence-corrected chi connectivity index (χ1v) is 11.4. The van der Waals surface area contributed by atoms with Crippen LogP contribution in [0.5, 0.6) is 11.5 Å². The maximum absolute atomic E-state index is 14.6. The Kier molecular flexibility index (Phi) is 6.60. The van der Waals surface area contributed by atoms with E-state index in [0.717, 1.165) is 16.0 Å². The van der Waals surface area contributed by atoms with Crippen LogP contribution in [-0.2, 0) is 6.54 Å². The average Bonchev–Trinajstić information content (AvgIpc) is 3.34. The minimum Gasteiger partial charge on any atom is -0.494 e. The number of ketones is 1. The van der Waals surface area contributed by atoms with Gasteiger partial charge in [0.25, 0.3) is 0 Å². The lowest BCUT2D eigenvalue weighted by Crippen LogP contribution is -2.13. The second-order valence-corrected chi connectivity index (χ2v) is 8.47. The van der Waals surface area contributed by atoms with Crippen molar-refractivity contribution in [1.29, 1.82) is 0 Å². The van der Waals surface area contributed by atoms with Gasteiger partial charge < -0.3 is 19.4 Å². The molecule has 0 aliphatic carbocycles. The largest absolute Gasteiger partial charge is 0.494 e. The van der Waals surface area contributed by atoms with Gasteiger partial charge in [0, 0.05) is 37.5 Å². The molecule has 1 N–H and O–H groups in total. The number of para-hydroxylation sites is 1. The van der Waals surface area contributed by atoms with Crippen molar-refractivity contribution < 1.29 is 18.7 Å². The number of rotatable bonds is 9. The van der Waals surface area contributed by atoms with Gasteiger partial charge in [-0.2, -0.15) is 0 Å². The second-order valence-electron chi connectivity index (χ2n) is 7.41. The van der Waals surface area contributed by atoms with Gasteiger partial charge in [-0.05, 0) is 26.0 Å². The van der Waals surface area contributed by atoms with E-state index in [-0.39, 0.29) is 11.6 Å². The summed E-state index contributed by atoms with van der Waals surface area (Å²) in [6, 6.07) is 8.66. The third-order valence-electron chi connectivity index (χ3n) is 5.32. The maximum atomic E-state index is 14.6. The van der Waals surface area contributed by atoms with Gasteiger partial charge in [0.15, 0.2) is 5.78 Å². The molecule has 0 amide bonds. The van der Waals surface area contributed by atoms with Crippen LogP contribution in [0.15, 0.2) is 36.7 Å². The van der Waals surface area contributed by atoms with Gasteiger partial charge in [0.05, 0.1) is 35.5 Å². The number of aromatic nitrogens is 3. The Balaban J connectivity index is 1.54. The van der Waals surface area contributed by atoms with Crippen LogP contribution in [0.2, 0.25) is 0 Å². The molecule has 0 fully saturated rings. The minimum atomic E-state index is -0.285. The number of carbonyl (C=O) groups is 1. The van der Waals surface area contributed by atoms with Crippen molar-refractivity contribution in [3.8, 4) is 22.1 Å². The number of halogens is 1. The van der Waals surface area contributed by atoms with Crippen molar-refractivity contribution in [2.45, 2.75) is 27.3 Å². The molecule has 3 aromatic heterocycles. The lowest BCUT2D eigenvalue weighted by atomic mass is 10.2. The van der Waals surface area contributed by atoms with E-state index in [0.29, 0.717) is 53.1 Å². The molecule has 0 aliphatic heterocycles. The number of hydrogen-bond donors (Lipinski definition) is 1. The highest BCUT2D eigenvalue weighted by atomic mass is 32.1. The Morgan fingerprint density at radius 2 is 2.09 bits per heavy atom. The highest BCUT2D eigenvalue weighted by Crippen LogP contribution is 2.36. The molecule has 1 aromatic carbocycles. The Morgan fingerprint density at radius 1 is 1.27 bits per heavy atom. The van der Waals surface area contributed by atoms with Gasteiger partial charge in [-0.25, -0.2) is 14.4 Å². The molecule has 0 aliphatic rings. The van der Waals surface area contributed by atoms with Crippen LogP contribution in [-0.4, -0.2) is 40.6 Å². The third-order valence-corrected chi connectivity index (χ3v) is 6.56. The summed E-state index contributed by atoms with van der Waals surface area (Å²) in [4.78, 5) is 22.0. The summed E-state index contributed by atoms with van der Waals surface area (Å²) in [5.74, 6) is 1.56. The molecule has 9 heteroatoms. The molecule has 3 heterocycles. The normalized spacial score (nSPS) is 11.1. The number of Topliss-reactive ketones (excluding diaryl/α,β-unsaturated/α-hetero) is 1. The van der Waals surface area contributed by atoms with Gasteiger partial charge in [0.2, 0.25) is 0 Å². The van der Waals surface area contributed by atoms with Gasteiger partial charge in [0.1, 0.15) is 34.3 Å². The van der Waals surface area contributed by atoms with Crippen molar-refractivity contribution in [2.75, 3.05) is 25.6 Å². The quantitative estimate of drug-likeness (QED) is 0.335. The first kappa shape index (κ1) is 22.7. The van der Waals surface area contributed by atoms with Crippen molar-refractivity contribution in [3.63, 3.8) is 0 Å². The number of hydrogen-bond acceptors (Lipinski definition) is 7. The van der Waals surface area contributed by atoms with Gasteiger partial charge >= 0.3 is 0 Å². The average molecular weight is 469 g/mol. The van der Waals surface area contributed by atoms with Gasteiger partial charge in [-0.3, -0.25) is 4.79 Å². The Hall–Kier alpha value is -3.46. The number of thiophene rings is 1. The zero-order valence-electron chi connectivity index (χ0n) is 18.9. The summed E-state index contributed by atoms with van der Waals surface area (Å²) in [6.45, 7) is 6.84. The number of nitrogens with zero attached hydrogens (tertiary/aromatic N) is 3. The van der Waals surface area contributed by atoms with Crippen LogP contribution in [0.4, 0.5) is 10.2 Å². The molecule has 7 nitrogen and oxygen atoms in total. The topological polar surface area (TPSA) is 78.3 Å². The standard InChI is InChI=1S/C24H25FN4O3S/c1-5-32-19-12-20(33-24(19)15(3)30)18-11-21(28-13-27-18)26-9-10-29-14(2)23(31-4)16-7-6-8-17(25)22(16)29/h6-8,11-13H,5,9-10H2,1-4H3,(H,26,27,28). The summed E-state index contributed by atoms with van der Waals surface area (Å²) in [6.07, 6.45) is 1.48. The number of fused-ring (bicyclic) bond motifs is 1. The Labute approximate surface area is 195 Å². The molecule has 0 spiro atoms. The van der Waals surface area contributed by atoms with E-state index >= 15 is 0 Å². The minimum absolute atomic E-state index is 0.0425. The van der Waals surface area contributed by atoms with Crippen LogP contribution < -0.4 is 14.8 Å². The van der Waals surface area contributed by atoms with Gasteiger partial charge in [-0.1, -0.05) is 6.07 Å². The molecular formula is C24H25FN4O3S. The van der Waals surface area contributed by atoms with Crippen molar-refractivity contribution >= 4 is 33.8 Å². The first-order chi connectivity index (χ1) is 15.9. The summed E-state index contributed by atoms with van der Waals surface area (Å²) >= 11 is 1.35. The molecule has 0 bridgehead atoms. The van der Waals surface area contributed by atoms with Crippen LogP contribution in [0.3, 0.4) is 0 Å². The predicted octanol–water partition coefficient (Wildman–Crippen LogP) is 5.33. The molecule has 0 saturated carbocycles. The Morgan fingerprint density at radius 3 is 2.82 bits per heavy atom. The molecular weight excluding hydrogens is 443 g/mol. The summed E-state index contributed by atoms with van der Waals surface area (Å²) in [7, 11) is 1.59. The van der Waals surface area contributed by atoms with Crippen LogP contribution >= 0.6 is 11.3 Å². The summed E-state index contributed by atoms with van der Waals surface area (Å²) < 4.78 is 27.6. The second kappa shape index (κ2) is 9.58. The van der Waals surface area contributed by atoms with E-state index in [1.165, 1.54) is 30.7 Å². The number of anilines is 1. The summed E-state index contributed by atoms with van der Waals surface area (Å²) in [5.41, 5.74) is 2.08. The molecule has 33 heavy (non-hydrogen) atoms. The fraction of sp³-hybridized carbons (Fsp3) is 0.292. The van der Waals surface area contributed by atoms with Crippen molar-refractivity contribution in [1.82, 2.24) is 14.5 Å². The lowest BCUT2D eigenvalue weighted by Gasteiger charge is -2.11. The van der Waals surface area contributed by atoms with Gasteiger partial charge in [-0.15, -0.1) is 11.3 Å². The van der Waals surface area contributed by atoms with Crippen molar-refractivity contribution in [3.05, 3.63) is 53.0 Å². The van der Waals surface area contributed by atoms with E-state index in [4.69, 9.17) is 9.47 Å². The zero-order valence-corrected chi connectivity index (χ0v) is 19.8. The molecule has 4 aromatic rings. The smallest absolute Gasteiger partial charge is 0.173 e. The highest BCUT2D eigenvalue weighted by Gasteiger charge is 2.18. The fourth-order valence-electron chi connectivity index (χ4n) is 3.89. The fourth-order valence-corrected chi connectivity index (χ4v) is 4.85. The van der Waals surface area contributed by atoms with E-state index in [2.05, 4.69) is 15.3 Å². The predicted molar refractivity (Wildman–Crippen MR) is 128 cm³/mol. The molecule has 0 saturated heterocycles. The van der Waals surface area contributed by atoms with E-state index in [9.17, 15) is 9.18 Å². The van der Waals surface area contributed by atoms with E-state index < -0.39 is 0 Å². The van der Waals surface area contributed by atoms with E-state index in [1.54, 1.807) is 13.2 Å². The Bertz CT molecular complexity index is 1310. The van der Waals surface area contributed by atoms with Crippen LogP contribution in [0.1, 0.15) is 29.2 Å². The van der Waals surface area contributed by atoms with Crippen molar-refractivity contribution in [2.24, 2.45) is 0 Å². The zero-order chi connectivity index (χ0) is 23.5. The number of carbonyl (C=O) groups excluding carboxylic acids is 1. The lowest BCUT2D eigenvalue weighted by molar-refractivity contribution is 0.101. The number of methoxy groups -OCH3 is 1. The molecule has 0 atom stereocenters. The molecule has 0 unspecified atom stereocenters. The van der Waals surface area contributed by atoms with E-state index in [1.807, 2.05) is 36.6 Å². The third kappa shape index (κ3) is 4.41. The number of benzene rings is 1. The molecule has 4 rings (SSSR count). The monoisotopic (exact) mass is 468 g/mol. The van der Waals surface area contributed by atoms with Crippen LogP contribution in [0.25, 0.3) is 21.5 Å².